The molecule has 2 N–H and O–H groups in total. The van der Waals surface area contributed by atoms with Gasteiger partial charge in [0.15, 0.2) is 5.82 Å². The van der Waals surface area contributed by atoms with Crippen LogP contribution in [0.5, 0.6) is 0 Å². The van der Waals surface area contributed by atoms with E-state index in [1.165, 1.54) is 11.9 Å². The maximum absolute atomic E-state index is 13.9. The van der Waals surface area contributed by atoms with Gasteiger partial charge in [0.2, 0.25) is 0 Å². The Labute approximate surface area is 129 Å². The molecule has 21 heavy (non-hydrogen) atoms. The molecule has 0 radical (unpaired) electrons. The Hall–Kier alpha value is -1.95. The highest BCUT2D eigenvalue weighted by molar-refractivity contribution is 9.10. The van der Waals surface area contributed by atoms with Gasteiger partial charge in [-0.25, -0.2) is 8.78 Å². The standard InChI is InChI=1S/C15H13BrF2N2O/c1-20(8-9-4-2-3-5-10(9)16)15(21)13-11(17)6-7-12(19)14(13)18/h2-7H,8,19H2,1H3. The molecule has 6 heteroatoms. The molecule has 0 aliphatic rings. The quantitative estimate of drug-likeness (QED) is 0.856. The second-order valence-corrected chi connectivity index (χ2v) is 5.43. The zero-order valence-electron chi connectivity index (χ0n) is 11.2. The number of halogens is 3. The molecule has 3 nitrogen and oxygen atoms in total. The number of amides is 1. The van der Waals surface area contributed by atoms with E-state index >= 15 is 0 Å². The maximum Gasteiger partial charge on any atom is 0.259 e. The Bertz CT molecular complexity index is 691. The maximum atomic E-state index is 13.9. The van der Waals surface area contributed by atoms with Crippen molar-refractivity contribution in [1.82, 2.24) is 4.90 Å². The molecule has 0 unspecified atom stereocenters. The molecule has 1 amide bonds. The smallest absolute Gasteiger partial charge is 0.259 e. The molecular formula is C15H13BrF2N2O. The van der Waals surface area contributed by atoms with E-state index in [-0.39, 0.29) is 12.2 Å². The summed E-state index contributed by atoms with van der Waals surface area (Å²) in [6.45, 7) is 0.216. The second kappa shape index (κ2) is 6.22. The number of hydrogen-bond acceptors (Lipinski definition) is 2. The summed E-state index contributed by atoms with van der Waals surface area (Å²) in [4.78, 5) is 13.5. The van der Waals surface area contributed by atoms with E-state index in [0.717, 1.165) is 22.2 Å². The first-order valence-corrected chi connectivity index (χ1v) is 6.93. The highest BCUT2D eigenvalue weighted by Crippen LogP contribution is 2.22. The fourth-order valence-electron chi connectivity index (χ4n) is 1.91. The van der Waals surface area contributed by atoms with Gasteiger partial charge in [-0.15, -0.1) is 0 Å². The van der Waals surface area contributed by atoms with Gasteiger partial charge in [-0.05, 0) is 23.8 Å². The SMILES string of the molecule is CN(Cc1ccccc1Br)C(=O)c1c(F)ccc(N)c1F. The van der Waals surface area contributed by atoms with E-state index in [1.807, 2.05) is 24.3 Å². The molecule has 2 aromatic rings. The lowest BCUT2D eigenvalue weighted by Gasteiger charge is -2.19. The lowest BCUT2D eigenvalue weighted by atomic mass is 10.1. The average Bonchev–Trinajstić information content (AvgIpc) is 2.45. The number of nitrogens with zero attached hydrogens (tertiary/aromatic N) is 1. The van der Waals surface area contributed by atoms with Crippen molar-refractivity contribution in [3.63, 3.8) is 0 Å². The van der Waals surface area contributed by atoms with Crippen LogP contribution in [0.3, 0.4) is 0 Å². The molecular weight excluding hydrogens is 342 g/mol. The molecule has 0 fully saturated rings. The summed E-state index contributed by atoms with van der Waals surface area (Å²) in [5.41, 5.74) is 5.33. The number of benzene rings is 2. The zero-order chi connectivity index (χ0) is 15.6. The Balaban J connectivity index is 2.29. The van der Waals surface area contributed by atoms with Crippen LogP contribution in [-0.2, 0) is 6.54 Å². The zero-order valence-corrected chi connectivity index (χ0v) is 12.8. The van der Waals surface area contributed by atoms with Crippen molar-refractivity contribution in [3.8, 4) is 0 Å². The van der Waals surface area contributed by atoms with Crippen LogP contribution in [0.15, 0.2) is 40.9 Å². The van der Waals surface area contributed by atoms with Crippen molar-refractivity contribution in [2.45, 2.75) is 6.54 Å². The largest absolute Gasteiger partial charge is 0.396 e. The lowest BCUT2D eigenvalue weighted by Crippen LogP contribution is -2.28. The van der Waals surface area contributed by atoms with Gasteiger partial charge in [0.05, 0.1) is 5.69 Å². The molecule has 0 aromatic heterocycles. The predicted molar refractivity (Wildman–Crippen MR) is 80.7 cm³/mol. The van der Waals surface area contributed by atoms with Gasteiger partial charge >= 0.3 is 0 Å². The van der Waals surface area contributed by atoms with Crippen LogP contribution in [0.25, 0.3) is 0 Å². The third-order valence-electron chi connectivity index (χ3n) is 3.05. The molecule has 0 aliphatic carbocycles. The Morgan fingerprint density at radius 2 is 1.90 bits per heavy atom. The van der Waals surface area contributed by atoms with Crippen molar-refractivity contribution in [1.29, 1.82) is 0 Å². The lowest BCUT2D eigenvalue weighted by molar-refractivity contribution is 0.0775. The van der Waals surface area contributed by atoms with Gasteiger partial charge in [0.1, 0.15) is 11.4 Å². The fraction of sp³-hybridized carbons (Fsp3) is 0.133. The molecule has 2 rings (SSSR count). The third-order valence-corrected chi connectivity index (χ3v) is 3.82. The number of carbonyl (C=O) groups is 1. The van der Waals surface area contributed by atoms with Crippen LogP contribution in [0.4, 0.5) is 14.5 Å². The van der Waals surface area contributed by atoms with Crippen LogP contribution in [-0.4, -0.2) is 17.9 Å². The first kappa shape index (κ1) is 15.4. The van der Waals surface area contributed by atoms with Gasteiger partial charge in [-0.2, -0.15) is 0 Å². The highest BCUT2D eigenvalue weighted by atomic mass is 79.9. The van der Waals surface area contributed by atoms with Gasteiger partial charge in [-0.3, -0.25) is 4.79 Å². The molecule has 0 atom stereocenters. The summed E-state index contributed by atoms with van der Waals surface area (Å²) in [7, 11) is 1.48. The normalized spacial score (nSPS) is 10.5. The van der Waals surface area contributed by atoms with Gasteiger partial charge < -0.3 is 10.6 Å². The Morgan fingerprint density at radius 1 is 1.24 bits per heavy atom. The van der Waals surface area contributed by atoms with Crippen molar-refractivity contribution in [2.24, 2.45) is 0 Å². The first-order valence-electron chi connectivity index (χ1n) is 6.14. The molecule has 0 spiro atoms. The van der Waals surface area contributed by atoms with Crippen molar-refractivity contribution in [3.05, 3.63) is 63.6 Å². The minimum Gasteiger partial charge on any atom is -0.396 e. The van der Waals surface area contributed by atoms with Gasteiger partial charge in [-0.1, -0.05) is 34.1 Å². The molecule has 2 aromatic carbocycles. The van der Waals surface area contributed by atoms with Crippen LogP contribution < -0.4 is 5.73 Å². The number of carbonyl (C=O) groups excluding carboxylic acids is 1. The number of nitrogen functional groups attached to an aromatic ring is 1. The summed E-state index contributed by atoms with van der Waals surface area (Å²) in [5.74, 6) is -2.71. The second-order valence-electron chi connectivity index (χ2n) is 4.58. The van der Waals surface area contributed by atoms with E-state index in [9.17, 15) is 13.6 Å². The molecule has 0 aliphatic heterocycles. The van der Waals surface area contributed by atoms with Gasteiger partial charge in [0.25, 0.3) is 5.91 Å². The van der Waals surface area contributed by atoms with Crippen LogP contribution in [0.1, 0.15) is 15.9 Å². The van der Waals surface area contributed by atoms with Crippen molar-refractivity contribution in [2.75, 3.05) is 12.8 Å². The van der Waals surface area contributed by atoms with E-state index in [0.29, 0.717) is 0 Å². The monoisotopic (exact) mass is 354 g/mol. The van der Waals surface area contributed by atoms with E-state index in [1.54, 1.807) is 0 Å². The van der Waals surface area contributed by atoms with Crippen molar-refractivity contribution < 1.29 is 13.6 Å². The highest BCUT2D eigenvalue weighted by Gasteiger charge is 2.23. The predicted octanol–water partition coefficient (Wildman–Crippen LogP) is 3.58. The molecule has 110 valence electrons. The summed E-state index contributed by atoms with van der Waals surface area (Å²) in [5, 5.41) is 0. The third kappa shape index (κ3) is 3.21. The number of nitrogens with two attached hydrogens (primary N) is 1. The van der Waals surface area contributed by atoms with Crippen LogP contribution >= 0.6 is 15.9 Å². The van der Waals surface area contributed by atoms with E-state index in [4.69, 9.17) is 5.73 Å². The van der Waals surface area contributed by atoms with Crippen LogP contribution in [0, 0.1) is 11.6 Å². The number of hydrogen-bond donors (Lipinski definition) is 1. The molecule has 0 saturated carbocycles. The fourth-order valence-corrected chi connectivity index (χ4v) is 2.32. The van der Waals surface area contributed by atoms with Crippen molar-refractivity contribution >= 4 is 27.5 Å². The molecule has 0 saturated heterocycles. The molecule has 0 heterocycles. The first-order chi connectivity index (χ1) is 9.91. The number of rotatable bonds is 3. The van der Waals surface area contributed by atoms with E-state index < -0.39 is 23.1 Å². The number of anilines is 1. The Kier molecular flexibility index (Phi) is 4.57. The Morgan fingerprint density at radius 3 is 2.57 bits per heavy atom. The average molecular weight is 355 g/mol. The minimum atomic E-state index is -1.03. The summed E-state index contributed by atoms with van der Waals surface area (Å²) in [6.07, 6.45) is 0. The van der Waals surface area contributed by atoms with Gasteiger partial charge in [0, 0.05) is 18.1 Å². The molecule has 0 bridgehead atoms. The summed E-state index contributed by atoms with van der Waals surface area (Å²) < 4.78 is 28.4. The van der Waals surface area contributed by atoms with E-state index in [2.05, 4.69) is 15.9 Å². The topological polar surface area (TPSA) is 46.3 Å². The summed E-state index contributed by atoms with van der Waals surface area (Å²) in [6, 6.07) is 9.38. The minimum absolute atomic E-state index is 0.216. The summed E-state index contributed by atoms with van der Waals surface area (Å²) >= 11 is 3.36. The van der Waals surface area contributed by atoms with Crippen LogP contribution in [0.2, 0.25) is 0 Å².